The van der Waals surface area contributed by atoms with Crippen LogP contribution in [-0.4, -0.2) is 46.9 Å². The van der Waals surface area contributed by atoms with Crippen LogP contribution in [0.15, 0.2) is 41.5 Å². The van der Waals surface area contributed by atoms with Gasteiger partial charge in [0.1, 0.15) is 23.9 Å². The molecule has 0 aliphatic carbocycles. The summed E-state index contributed by atoms with van der Waals surface area (Å²) in [4.78, 5) is 21.3. The van der Waals surface area contributed by atoms with E-state index in [9.17, 15) is 4.79 Å². The highest BCUT2D eigenvalue weighted by Crippen LogP contribution is 2.37. The van der Waals surface area contributed by atoms with Gasteiger partial charge < -0.3 is 20.4 Å². The predicted molar refractivity (Wildman–Crippen MR) is 126 cm³/mol. The molecule has 32 heavy (non-hydrogen) atoms. The number of benzene rings is 2. The summed E-state index contributed by atoms with van der Waals surface area (Å²) < 4.78 is 8.12. The number of fused-ring (bicyclic) bond motifs is 4. The van der Waals surface area contributed by atoms with Crippen molar-refractivity contribution < 1.29 is 9.53 Å². The van der Waals surface area contributed by atoms with Crippen LogP contribution >= 0.6 is 0 Å². The standard InChI is InChI=1S/C23H23N7O2/c1-12-14-5-6-28-20(22(31)29-23(24)25)16(14)10-17-15-9-13(32-11-19-26-7-8-27-19)3-4-18(15)30(2)21(12)17/h3-6,9-10H,7-8,11H2,1-2H3,(H,26,27)(H4,24,25,29,31). The van der Waals surface area contributed by atoms with Crippen molar-refractivity contribution in [3.05, 3.63) is 47.8 Å². The number of amides is 1. The van der Waals surface area contributed by atoms with E-state index in [2.05, 4.69) is 25.2 Å². The lowest BCUT2D eigenvalue weighted by molar-refractivity contribution is 0.0973. The third kappa shape index (κ3) is 3.18. The Kier molecular flexibility index (Phi) is 4.66. The third-order valence-electron chi connectivity index (χ3n) is 5.83. The van der Waals surface area contributed by atoms with Gasteiger partial charge in [0.25, 0.3) is 5.91 Å². The third-order valence-corrected chi connectivity index (χ3v) is 5.83. The largest absolute Gasteiger partial charge is 0.486 e. The topological polar surface area (TPSA) is 130 Å². The monoisotopic (exact) mass is 429 g/mol. The van der Waals surface area contributed by atoms with E-state index >= 15 is 0 Å². The first-order valence-corrected chi connectivity index (χ1v) is 10.3. The van der Waals surface area contributed by atoms with Crippen molar-refractivity contribution in [2.75, 3.05) is 19.7 Å². The summed E-state index contributed by atoms with van der Waals surface area (Å²) in [6, 6.07) is 9.90. The Morgan fingerprint density at radius 3 is 2.84 bits per heavy atom. The van der Waals surface area contributed by atoms with Gasteiger partial charge in [0.15, 0.2) is 5.96 Å². The minimum absolute atomic E-state index is 0.234. The molecule has 0 saturated heterocycles. The number of aryl methyl sites for hydroxylation is 2. The van der Waals surface area contributed by atoms with E-state index < -0.39 is 11.9 Å². The minimum atomic E-state index is -0.504. The highest BCUT2D eigenvalue weighted by Gasteiger charge is 2.19. The Bertz CT molecular complexity index is 1450. The van der Waals surface area contributed by atoms with Crippen LogP contribution in [0.5, 0.6) is 5.75 Å². The van der Waals surface area contributed by atoms with Gasteiger partial charge in [0, 0.05) is 41.5 Å². The molecule has 0 radical (unpaired) electrons. The van der Waals surface area contributed by atoms with Crippen LogP contribution in [0.3, 0.4) is 0 Å². The Morgan fingerprint density at radius 1 is 1.25 bits per heavy atom. The molecular formula is C23H23N7O2. The molecule has 4 aromatic rings. The molecule has 0 atom stereocenters. The highest BCUT2D eigenvalue weighted by molar-refractivity contribution is 6.18. The zero-order valence-corrected chi connectivity index (χ0v) is 17.8. The zero-order valence-electron chi connectivity index (χ0n) is 17.8. The number of carbonyl (C=O) groups excluding carboxylic acids is 1. The molecule has 1 amide bonds. The molecule has 0 spiro atoms. The number of amidine groups is 1. The second kappa shape index (κ2) is 7.52. The van der Waals surface area contributed by atoms with Crippen molar-refractivity contribution in [1.82, 2.24) is 20.2 Å². The number of pyridine rings is 1. The number of hydrogen-bond donors (Lipinski definition) is 4. The lowest BCUT2D eigenvalue weighted by atomic mass is 10.00. The molecule has 9 nitrogen and oxygen atoms in total. The number of nitrogens with two attached hydrogens (primary N) is 1. The molecule has 1 aliphatic heterocycles. The summed E-state index contributed by atoms with van der Waals surface area (Å²) >= 11 is 0. The first-order valence-electron chi connectivity index (χ1n) is 10.3. The van der Waals surface area contributed by atoms with E-state index in [-0.39, 0.29) is 5.69 Å². The number of aromatic nitrogens is 2. The van der Waals surface area contributed by atoms with Crippen molar-refractivity contribution in [2.24, 2.45) is 17.8 Å². The minimum Gasteiger partial charge on any atom is -0.486 e. The van der Waals surface area contributed by atoms with E-state index in [0.29, 0.717) is 12.0 Å². The van der Waals surface area contributed by atoms with Crippen molar-refractivity contribution in [3.8, 4) is 5.75 Å². The Balaban J connectivity index is 1.68. The quantitative estimate of drug-likeness (QED) is 0.292. The van der Waals surface area contributed by atoms with Gasteiger partial charge in [-0.25, -0.2) is 0 Å². The fourth-order valence-electron chi connectivity index (χ4n) is 4.42. The molecule has 2 aromatic heterocycles. The SMILES string of the molecule is Cc1c2ccnc(C(=O)NC(=N)N)c2cc2c3cc(OCC4=NCCN4)ccc3n(C)c12. The lowest BCUT2D eigenvalue weighted by Gasteiger charge is -2.10. The first kappa shape index (κ1) is 19.8. The number of carbonyl (C=O) groups is 1. The summed E-state index contributed by atoms with van der Waals surface area (Å²) in [5, 5.41) is 16.6. The molecule has 2 aromatic carbocycles. The smallest absolute Gasteiger partial charge is 0.277 e. The highest BCUT2D eigenvalue weighted by atomic mass is 16.5. The fraction of sp³-hybridized carbons (Fsp3) is 0.217. The Morgan fingerprint density at radius 2 is 2.09 bits per heavy atom. The first-order chi connectivity index (χ1) is 15.4. The number of aliphatic imine (C=N–C) groups is 1. The molecule has 9 heteroatoms. The van der Waals surface area contributed by atoms with Gasteiger partial charge in [-0.05, 0) is 48.2 Å². The van der Waals surface area contributed by atoms with Crippen molar-refractivity contribution >= 4 is 50.3 Å². The number of nitrogens with zero attached hydrogens (tertiary/aromatic N) is 3. The molecule has 0 bridgehead atoms. The van der Waals surface area contributed by atoms with Gasteiger partial charge in [-0.15, -0.1) is 0 Å². The zero-order chi connectivity index (χ0) is 22.4. The van der Waals surface area contributed by atoms with E-state index in [1.807, 2.05) is 44.3 Å². The van der Waals surface area contributed by atoms with E-state index in [4.69, 9.17) is 15.9 Å². The summed E-state index contributed by atoms with van der Waals surface area (Å²) in [6.45, 7) is 4.07. The van der Waals surface area contributed by atoms with Crippen LogP contribution in [0, 0.1) is 12.3 Å². The predicted octanol–water partition coefficient (Wildman–Crippen LogP) is 2.19. The second-order valence-corrected chi connectivity index (χ2v) is 7.80. The number of nitrogens with one attached hydrogen (secondary N) is 3. The van der Waals surface area contributed by atoms with Crippen molar-refractivity contribution in [3.63, 3.8) is 0 Å². The summed E-state index contributed by atoms with van der Waals surface area (Å²) in [5.41, 5.74) is 8.77. The molecule has 5 N–H and O–H groups in total. The maximum absolute atomic E-state index is 12.6. The molecule has 0 saturated carbocycles. The maximum atomic E-state index is 12.6. The van der Waals surface area contributed by atoms with Crippen LogP contribution in [0.2, 0.25) is 0 Å². The normalized spacial score (nSPS) is 13.4. The van der Waals surface area contributed by atoms with E-state index in [1.54, 1.807) is 6.20 Å². The van der Waals surface area contributed by atoms with Crippen LogP contribution in [0.1, 0.15) is 16.1 Å². The average molecular weight is 429 g/mol. The number of guanidine groups is 1. The summed E-state index contributed by atoms with van der Waals surface area (Å²) in [7, 11) is 2.03. The van der Waals surface area contributed by atoms with Crippen LogP contribution in [0.25, 0.3) is 32.6 Å². The van der Waals surface area contributed by atoms with E-state index in [1.165, 1.54) is 0 Å². The summed E-state index contributed by atoms with van der Waals surface area (Å²) in [6.07, 6.45) is 1.60. The van der Waals surface area contributed by atoms with Gasteiger partial charge in [-0.1, -0.05) is 0 Å². The van der Waals surface area contributed by atoms with Gasteiger partial charge in [0.2, 0.25) is 0 Å². The van der Waals surface area contributed by atoms with Crippen molar-refractivity contribution in [2.45, 2.75) is 6.92 Å². The molecule has 0 fully saturated rings. The second-order valence-electron chi connectivity index (χ2n) is 7.80. The van der Waals surface area contributed by atoms with Crippen LogP contribution in [-0.2, 0) is 7.05 Å². The Labute approximate surface area is 183 Å². The lowest BCUT2D eigenvalue weighted by Crippen LogP contribution is -2.36. The van der Waals surface area contributed by atoms with Crippen LogP contribution < -0.4 is 21.1 Å². The number of rotatable bonds is 4. The molecule has 3 heterocycles. The Hall–Kier alpha value is -4.14. The van der Waals surface area contributed by atoms with E-state index in [0.717, 1.165) is 57.4 Å². The maximum Gasteiger partial charge on any atom is 0.277 e. The van der Waals surface area contributed by atoms with Gasteiger partial charge in [0.05, 0.1) is 12.1 Å². The van der Waals surface area contributed by atoms with Crippen molar-refractivity contribution in [1.29, 1.82) is 5.41 Å². The number of hydrogen-bond acceptors (Lipinski definition) is 6. The molecule has 162 valence electrons. The summed E-state index contributed by atoms with van der Waals surface area (Å²) in [5.74, 6) is 0.688. The van der Waals surface area contributed by atoms with Gasteiger partial charge in [-0.2, -0.15) is 0 Å². The molecule has 1 aliphatic rings. The van der Waals surface area contributed by atoms with Crippen LogP contribution in [0.4, 0.5) is 0 Å². The van der Waals surface area contributed by atoms with Gasteiger partial charge >= 0.3 is 0 Å². The van der Waals surface area contributed by atoms with Gasteiger partial charge in [-0.3, -0.25) is 25.5 Å². The average Bonchev–Trinajstić information content (AvgIpc) is 3.38. The number of ether oxygens (including phenoxy) is 1. The molecule has 5 rings (SSSR count). The molecular weight excluding hydrogens is 406 g/mol. The fourth-order valence-corrected chi connectivity index (χ4v) is 4.42. The molecule has 0 unspecified atom stereocenters.